The van der Waals surface area contributed by atoms with E-state index in [0.717, 1.165) is 6.54 Å². The van der Waals surface area contributed by atoms with Crippen molar-refractivity contribution >= 4 is 9.84 Å². The van der Waals surface area contributed by atoms with E-state index >= 15 is 0 Å². The average Bonchev–Trinajstić information content (AvgIpc) is 3.56. The number of aliphatic hydroxyl groups is 1. The van der Waals surface area contributed by atoms with Crippen LogP contribution in [0.15, 0.2) is 65.5 Å². The van der Waals surface area contributed by atoms with Gasteiger partial charge in [0.1, 0.15) is 11.9 Å². The summed E-state index contributed by atoms with van der Waals surface area (Å²) >= 11 is 0. The van der Waals surface area contributed by atoms with Crippen LogP contribution in [-0.2, 0) is 14.6 Å². The molecule has 3 N–H and O–H groups in total. The monoisotopic (exact) mass is 541 g/mol. The van der Waals surface area contributed by atoms with Crippen molar-refractivity contribution < 1.29 is 22.7 Å². The van der Waals surface area contributed by atoms with Gasteiger partial charge in [-0.15, -0.1) is 5.12 Å². The third-order valence-electron chi connectivity index (χ3n) is 7.94. The van der Waals surface area contributed by atoms with Gasteiger partial charge in [0, 0.05) is 31.1 Å². The SMILES string of the molecule is CO[C@H](c1ccc(F)cc1)c1ccc(C2NCCC2O)nc1S(=O)(=O)[C@@H]1CCC2=CN3C=CCN3NC2C1. The Balaban J connectivity index is 1.38. The summed E-state index contributed by atoms with van der Waals surface area (Å²) in [7, 11) is -2.40. The highest BCUT2D eigenvalue weighted by Gasteiger charge is 2.41. The van der Waals surface area contributed by atoms with Crippen molar-refractivity contribution in [3.05, 3.63) is 83.1 Å². The summed E-state index contributed by atoms with van der Waals surface area (Å²) in [5.74, 6) is -0.385. The number of methoxy groups -OCH3 is 1. The average molecular weight is 542 g/mol. The first-order chi connectivity index (χ1) is 18.3. The highest BCUT2D eigenvalue weighted by Crippen LogP contribution is 2.38. The maximum atomic E-state index is 14.3. The zero-order valence-electron chi connectivity index (χ0n) is 21.1. The number of aliphatic hydroxyl groups excluding tert-OH is 1. The minimum Gasteiger partial charge on any atom is -0.391 e. The molecule has 3 unspecified atom stereocenters. The van der Waals surface area contributed by atoms with Gasteiger partial charge in [-0.25, -0.2) is 23.2 Å². The molecule has 1 saturated carbocycles. The van der Waals surface area contributed by atoms with E-state index in [2.05, 4.69) is 16.9 Å². The molecule has 11 heteroatoms. The standard InChI is InChI=1S/C27H32FN5O4S/c1-37-26(17-3-6-19(28)7-4-17)21-9-10-22(25-24(34)11-12-29-25)30-27(21)38(35,36)20-8-5-18-16-32-13-2-14-33(32)31-23(18)15-20/h2-4,6-7,9-10,13,16,20,23-26,29,31,34H,5,8,11-12,14-15H2,1H3/t20-,23?,24?,25?,26-/m1/s1. The van der Waals surface area contributed by atoms with E-state index in [1.54, 1.807) is 24.3 Å². The number of nitrogens with one attached hydrogen (secondary N) is 2. The molecule has 1 aliphatic carbocycles. The Bertz CT molecular complexity index is 1370. The number of sulfone groups is 1. The van der Waals surface area contributed by atoms with Gasteiger partial charge in [-0.05, 0) is 67.6 Å². The molecule has 0 spiro atoms. The molecule has 0 amide bonds. The van der Waals surface area contributed by atoms with Crippen molar-refractivity contribution in [2.75, 3.05) is 20.2 Å². The molecule has 3 aliphatic heterocycles. The van der Waals surface area contributed by atoms with Gasteiger partial charge in [0.25, 0.3) is 0 Å². The third-order valence-corrected chi connectivity index (χ3v) is 10.1. The number of rotatable bonds is 6. The number of hydrazine groups is 2. The summed E-state index contributed by atoms with van der Waals surface area (Å²) in [5, 5.41) is 17.0. The van der Waals surface area contributed by atoms with Gasteiger partial charge < -0.3 is 15.2 Å². The van der Waals surface area contributed by atoms with Crippen LogP contribution in [0, 0.1) is 5.82 Å². The molecule has 202 valence electrons. The van der Waals surface area contributed by atoms with Gasteiger partial charge in [0.2, 0.25) is 0 Å². The zero-order chi connectivity index (χ0) is 26.4. The molecule has 0 radical (unpaired) electrons. The van der Waals surface area contributed by atoms with E-state index in [4.69, 9.17) is 9.72 Å². The molecular weight excluding hydrogens is 509 g/mol. The van der Waals surface area contributed by atoms with Crippen LogP contribution < -0.4 is 10.7 Å². The van der Waals surface area contributed by atoms with Gasteiger partial charge in [-0.2, -0.15) is 0 Å². The normalized spacial score (nSPS) is 28.2. The number of ether oxygens (including phenoxy) is 1. The lowest BCUT2D eigenvalue weighted by Crippen LogP contribution is -2.55. The number of fused-ring (bicyclic) bond motifs is 2. The topological polar surface area (TPSA) is 107 Å². The molecule has 1 aromatic heterocycles. The minimum atomic E-state index is -3.90. The fourth-order valence-electron chi connectivity index (χ4n) is 5.91. The number of hydrogen-bond donors (Lipinski definition) is 3. The summed E-state index contributed by atoms with van der Waals surface area (Å²) in [6.07, 6.45) is 6.85. The Hall–Kier alpha value is -2.67. The van der Waals surface area contributed by atoms with Crippen LogP contribution in [0.5, 0.6) is 0 Å². The van der Waals surface area contributed by atoms with Gasteiger partial charge in [-0.1, -0.05) is 18.2 Å². The lowest BCUT2D eigenvalue weighted by molar-refractivity contribution is 0.00605. The van der Waals surface area contributed by atoms with Crippen LogP contribution >= 0.6 is 0 Å². The van der Waals surface area contributed by atoms with Crippen molar-refractivity contribution in [2.24, 2.45) is 0 Å². The van der Waals surface area contributed by atoms with E-state index in [9.17, 15) is 17.9 Å². The van der Waals surface area contributed by atoms with Crippen LogP contribution in [-0.4, -0.2) is 66.2 Å². The lowest BCUT2D eigenvalue weighted by Gasteiger charge is -2.41. The van der Waals surface area contributed by atoms with Crippen LogP contribution in [0.25, 0.3) is 0 Å². The highest BCUT2D eigenvalue weighted by atomic mass is 32.2. The van der Waals surface area contributed by atoms with Crippen molar-refractivity contribution in [1.29, 1.82) is 0 Å². The molecule has 9 nitrogen and oxygen atoms in total. The lowest BCUT2D eigenvalue weighted by atomic mass is 9.90. The van der Waals surface area contributed by atoms with E-state index < -0.39 is 33.3 Å². The van der Waals surface area contributed by atoms with E-state index in [-0.39, 0.29) is 16.9 Å². The number of hydrogen-bond acceptors (Lipinski definition) is 9. The molecular formula is C27H32FN5O4S. The highest BCUT2D eigenvalue weighted by molar-refractivity contribution is 7.92. The molecule has 2 fully saturated rings. The Morgan fingerprint density at radius 3 is 2.74 bits per heavy atom. The van der Waals surface area contributed by atoms with Gasteiger partial charge >= 0.3 is 0 Å². The quantitative estimate of drug-likeness (QED) is 0.509. The first kappa shape index (κ1) is 25.6. The molecule has 4 heterocycles. The second-order valence-corrected chi connectivity index (χ2v) is 12.4. The molecule has 38 heavy (non-hydrogen) atoms. The Morgan fingerprint density at radius 2 is 2.00 bits per heavy atom. The molecule has 4 aliphatic rings. The van der Waals surface area contributed by atoms with Crippen LogP contribution in [0.3, 0.4) is 0 Å². The largest absolute Gasteiger partial charge is 0.391 e. The fraction of sp³-hybridized carbons (Fsp3) is 0.444. The molecule has 6 rings (SSSR count). The van der Waals surface area contributed by atoms with Crippen LogP contribution in [0.4, 0.5) is 4.39 Å². The molecule has 5 atom stereocenters. The number of pyridine rings is 1. The van der Waals surface area contributed by atoms with E-state index in [0.29, 0.717) is 49.0 Å². The minimum absolute atomic E-state index is 0.0372. The summed E-state index contributed by atoms with van der Waals surface area (Å²) in [6.45, 7) is 1.34. The Kier molecular flexibility index (Phi) is 6.83. The molecule has 1 aromatic carbocycles. The van der Waals surface area contributed by atoms with E-state index in [1.807, 2.05) is 22.4 Å². The Labute approximate surface area is 221 Å². The van der Waals surface area contributed by atoms with Gasteiger partial charge in [0.15, 0.2) is 14.9 Å². The summed E-state index contributed by atoms with van der Waals surface area (Å²) in [6, 6.07) is 8.78. The smallest absolute Gasteiger partial charge is 0.198 e. The predicted molar refractivity (Wildman–Crippen MR) is 138 cm³/mol. The summed E-state index contributed by atoms with van der Waals surface area (Å²) < 4.78 is 48.1. The second kappa shape index (κ2) is 10.1. The number of aromatic nitrogens is 1. The molecule has 0 bridgehead atoms. The number of benzene rings is 1. The number of nitrogens with zero attached hydrogens (tertiary/aromatic N) is 3. The van der Waals surface area contributed by atoms with Crippen LogP contribution in [0.2, 0.25) is 0 Å². The van der Waals surface area contributed by atoms with Crippen molar-refractivity contribution in [2.45, 2.75) is 60.3 Å². The maximum Gasteiger partial charge on any atom is 0.198 e. The zero-order valence-corrected chi connectivity index (χ0v) is 21.9. The predicted octanol–water partition coefficient (Wildman–Crippen LogP) is 2.50. The summed E-state index contributed by atoms with van der Waals surface area (Å²) in [5.41, 5.74) is 6.15. The van der Waals surface area contributed by atoms with Crippen LogP contribution in [0.1, 0.15) is 54.6 Å². The van der Waals surface area contributed by atoms with Gasteiger partial charge in [0.05, 0.1) is 29.6 Å². The first-order valence-corrected chi connectivity index (χ1v) is 14.5. The summed E-state index contributed by atoms with van der Waals surface area (Å²) in [4.78, 5) is 4.69. The van der Waals surface area contributed by atoms with Gasteiger partial charge in [-0.3, -0.25) is 5.01 Å². The molecule has 2 aromatic rings. The Morgan fingerprint density at radius 1 is 1.18 bits per heavy atom. The molecule has 1 saturated heterocycles. The number of halogens is 1. The maximum absolute atomic E-state index is 14.3. The van der Waals surface area contributed by atoms with Crippen molar-refractivity contribution in [3.8, 4) is 0 Å². The third kappa shape index (κ3) is 4.57. The first-order valence-electron chi connectivity index (χ1n) is 13.0. The van der Waals surface area contributed by atoms with Crippen molar-refractivity contribution in [1.82, 2.24) is 25.9 Å². The second-order valence-electron chi connectivity index (χ2n) is 10.3. The van der Waals surface area contributed by atoms with Crippen molar-refractivity contribution in [3.63, 3.8) is 0 Å². The fourth-order valence-corrected chi connectivity index (χ4v) is 7.84. The van der Waals surface area contributed by atoms with E-state index in [1.165, 1.54) is 24.8 Å².